The highest BCUT2D eigenvalue weighted by molar-refractivity contribution is 8.00. The van der Waals surface area contributed by atoms with Crippen LogP contribution in [0.1, 0.15) is 5.56 Å². The van der Waals surface area contributed by atoms with Crippen LogP contribution in [0.2, 0.25) is 5.02 Å². The number of carbonyl (C=O) groups is 1. The lowest BCUT2D eigenvalue weighted by Crippen LogP contribution is -2.19. The Morgan fingerprint density at radius 1 is 1.06 bits per heavy atom. The highest BCUT2D eigenvalue weighted by Gasteiger charge is 2.12. The molecular weight excluding hydrogens is 428 g/mol. The van der Waals surface area contributed by atoms with Crippen molar-refractivity contribution in [3.63, 3.8) is 0 Å². The molecule has 5 nitrogen and oxygen atoms in total. The van der Waals surface area contributed by atoms with Gasteiger partial charge in [-0.25, -0.2) is 10.4 Å². The molecule has 1 aromatic heterocycles. The van der Waals surface area contributed by atoms with Crippen LogP contribution in [0.3, 0.4) is 0 Å². The fourth-order valence-corrected chi connectivity index (χ4v) is 4.35. The molecule has 3 aromatic carbocycles. The van der Waals surface area contributed by atoms with E-state index >= 15 is 0 Å². The van der Waals surface area contributed by atoms with Crippen molar-refractivity contribution in [2.45, 2.75) is 4.90 Å². The molecule has 31 heavy (non-hydrogen) atoms. The summed E-state index contributed by atoms with van der Waals surface area (Å²) in [6, 6.07) is 21.5. The SMILES string of the molecule is CN(C)c1ccc(/C=N/NC(=O)CSc2c3ccccc3nc3cc(Cl)ccc23)cc1. The van der Waals surface area contributed by atoms with Crippen LogP contribution in [-0.4, -0.2) is 37.0 Å². The van der Waals surface area contributed by atoms with Crippen LogP contribution >= 0.6 is 23.4 Å². The molecule has 0 atom stereocenters. The monoisotopic (exact) mass is 448 g/mol. The van der Waals surface area contributed by atoms with Gasteiger partial charge in [0.25, 0.3) is 0 Å². The van der Waals surface area contributed by atoms with Crippen molar-refractivity contribution in [1.82, 2.24) is 10.4 Å². The average molecular weight is 449 g/mol. The van der Waals surface area contributed by atoms with Crippen molar-refractivity contribution in [2.24, 2.45) is 5.10 Å². The number of carbonyl (C=O) groups excluding carboxylic acids is 1. The largest absolute Gasteiger partial charge is 0.378 e. The van der Waals surface area contributed by atoms with Gasteiger partial charge in [0.2, 0.25) is 5.91 Å². The van der Waals surface area contributed by atoms with E-state index in [9.17, 15) is 4.79 Å². The maximum Gasteiger partial charge on any atom is 0.250 e. The van der Waals surface area contributed by atoms with Gasteiger partial charge < -0.3 is 4.90 Å². The maximum atomic E-state index is 12.4. The number of hydrogen-bond acceptors (Lipinski definition) is 5. The van der Waals surface area contributed by atoms with Gasteiger partial charge in [-0.2, -0.15) is 5.10 Å². The van der Waals surface area contributed by atoms with Gasteiger partial charge in [0.15, 0.2) is 0 Å². The number of amides is 1. The number of para-hydroxylation sites is 1. The Kier molecular flexibility index (Phi) is 6.39. The molecule has 1 N–H and O–H groups in total. The molecule has 1 heterocycles. The Morgan fingerprint density at radius 3 is 2.58 bits per heavy atom. The third kappa shape index (κ3) is 4.98. The van der Waals surface area contributed by atoms with Gasteiger partial charge in [0.1, 0.15) is 0 Å². The minimum Gasteiger partial charge on any atom is -0.378 e. The summed E-state index contributed by atoms with van der Waals surface area (Å²) in [4.78, 5) is 20.1. The van der Waals surface area contributed by atoms with Crippen molar-refractivity contribution < 1.29 is 4.79 Å². The predicted molar refractivity (Wildman–Crippen MR) is 131 cm³/mol. The van der Waals surface area contributed by atoms with Crippen molar-refractivity contribution in [1.29, 1.82) is 0 Å². The molecule has 0 saturated heterocycles. The lowest BCUT2D eigenvalue weighted by Gasteiger charge is -2.11. The van der Waals surface area contributed by atoms with Crippen LogP contribution in [0.15, 0.2) is 76.7 Å². The molecule has 1 amide bonds. The van der Waals surface area contributed by atoms with Crippen LogP contribution in [0.5, 0.6) is 0 Å². The first-order valence-corrected chi connectivity index (χ1v) is 11.1. The average Bonchev–Trinajstić information content (AvgIpc) is 2.77. The van der Waals surface area contributed by atoms with Crippen LogP contribution in [0.4, 0.5) is 5.69 Å². The molecule has 156 valence electrons. The van der Waals surface area contributed by atoms with Crippen LogP contribution in [0, 0.1) is 0 Å². The maximum absolute atomic E-state index is 12.4. The van der Waals surface area contributed by atoms with Gasteiger partial charge in [0, 0.05) is 40.5 Å². The second kappa shape index (κ2) is 9.37. The molecule has 0 aliphatic carbocycles. The summed E-state index contributed by atoms with van der Waals surface area (Å²) < 4.78 is 0. The normalized spacial score (nSPS) is 11.3. The summed E-state index contributed by atoms with van der Waals surface area (Å²) >= 11 is 7.62. The topological polar surface area (TPSA) is 57.6 Å². The number of nitrogens with one attached hydrogen (secondary N) is 1. The Hall–Kier alpha value is -3.09. The number of hydrazone groups is 1. The third-order valence-corrected chi connectivity index (χ3v) is 6.12. The molecule has 0 saturated carbocycles. The summed E-state index contributed by atoms with van der Waals surface area (Å²) in [5, 5.41) is 6.71. The van der Waals surface area contributed by atoms with Crippen LogP contribution < -0.4 is 10.3 Å². The van der Waals surface area contributed by atoms with E-state index in [1.807, 2.05) is 85.7 Å². The number of rotatable bonds is 6. The molecule has 0 radical (unpaired) electrons. The highest BCUT2D eigenvalue weighted by Crippen LogP contribution is 2.35. The first kappa shape index (κ1) is 21.2. The third-order valence-electron chi connectivity index (χ3n) is 4.75. The zero-order valence-electron chi connectivity index (χ0n) is 17.2. The lowest BCUT2D eigenvalue weighted by atomic mass is 10.1. The molecule has 7 heteroatoms. The van der Waals surface area contributed by atoms with Gasteiger partial charge in [0.05, 0.1) is 23.0 Å². The Bertz CT molecular complexity index is 1270. The van der Waals surface area contributed by atoms with Crippen LogP contribution in [0.25, 0.3) is 21.8 Å². The zero-order valence-corrected chi connectivity index (χ0v) is 18.7. The second-order valence-electron chi connectivity index (χ2n) is 7.19. The summed E-state index contributed by atoms with van der Waals surface area (Å²) in [6.07, 6.45) is 1.64. The second-order valence-corrected chi connectivity index (χ2v) is 8.61. The standard InChI is InChI=1S/C24H21ClN4OS/c1-29(2)18-10-7-16(8-11-18)14-26-28-23(30)15-31-24-19-5-3-4-6-21(19)27-22-13-17(25)9-12-20(22)24/h3-14H,15H2,1-2H3,(H,28,30)/b26-14+. The smallest absolute Gasteiger partial charge is 0.250 e. The summed E-state index contributed by atoms with van der Waals surface area (Å²) in [5.41, 5.74) is 6.32. The van der Waals surface area contributed by atoms with E-state index in [1.165, 1.54) is 11.8 Å². The lowest BCUT2D eigenvalue weighted by molar-refractivity contribution is -0.118. The number of thioether (sulfide) groups is 1. The quantitative estimate of drug-likeness (QED) is 0.187. The molecule has 0 bridgehead atoms. The van der Waals surface area contributed by atoms with E-state index in [-0.39, 0.29) is 11.7 Å². The molecule has 0 spiro atoms. The van der Waals surface area contributed by atoms with E-state index in [0.717, 1.165) is 38.0 Å². The summed E-state index contributed by atoms with van der Waals surface area (Å²) in [5.74, 6) is 0.0667. The molecule has 4 aromatic rings. The molecule has 4 rings (SSSR count). The Morgan fingerprint density at radius 2 is 1.81 bits per heavy atom. The predicted octanol–water partition coefficient (Wildman–Crippen LogP) is 5.35. The van der Waals surface area contributed by atoms with E-state index in [4.69, 9.17) is 16.6 Å². The zero-order chi connectivity index (χ0) is 21.8. The van der Waals surface area contributed by atoms with E-state index < -0.39 is 0 Å². The van der Waals surface area contributed by atoms with Crippen molar-refractivity contribution in [2.75, 3.05) is 24.7 Å². The highest BCUT2D eigenvalue weighted by atomic mass is 35.5. The number of halogens is 1. The van der Waals surface area contributed by atoms with Crippen LogP contribution in [-0.2, 0) is 4.79 Å². The van der Waals surface area contributed by atoms with Crippen molar-refractivity contribution >= 4 is 63.0 Å². The van der Waals surface area contributed by atoms with Gasteiger partial charge in [-0.05, 0) is 35.9 Å². The van der Waals surface area contributed by atoms with E-state index in [1.54, 1.807) is 6.21 Å². The Labute approximate surface area is 190 Å². The first-order chi connectivity index (χ1) is 15.0. The van der Waals surface area contributed by atoms with Gasteiger partial charge in [-0.15, -0.1) is 11.8 Å². The van der Waals surface area contributed by atoms with Crippen molar-refractivity contribution in [3.05, 3.63) is 77.3 Å². The fourth-order valence-electron chi connectivity index (χ4n) is 3.19. The minimum atomic E-state index is -0.172. The van der Waals surface area contributed by atoms with Gasteiger partial charge in [-0.3, -0.25) is 4.79 Å². The molecule has 0 aliphatic heterocycles. The molecule has 0 fully saturated rings. The van der Waals surface area contributed by atoms with E-state index in [2.05, 4.69) is 10.5 Å². The number of benzene rings is 3. The molecule has 0 unspecified atom stereocenters. The summed E-state index contributed by atoms with van der Waals surface area (Å²) in [6.45, 7) is 0. The number of pyridine rings is 1. The minimum absolute atomic E-state index is 0.172. The molecule has 0 aliphatic rings. The number of nitrogens with zero attached hydrogens (tertiary/aromatic N) is 3. The number of hydrogen-bond donors (Lipinski definition) is 1. The van der Waals surface area contributed by atoms with E-state index in [0.29, 0.717) is 5.02 Å². The first-order valence-electron chi connectivity index (χ1n) is 9.71. The Balaban J connectivity index is 1.47. The number of fused-ring (bicyclic) bond motifs is 2. The summed E-state index contributed by atoms with van der Waals surface area (Å²) in [7, 11) is 3.98. The number of anilines is 1. The molecular formula is C24H21ClN4OS. The fraction of sp³-hybridized carbons (Fsp3) is 0.125. The van der Waals surface area contributed by atoms with Gasteiger partial charge in [-0.1, -0.05) is 48.0 Å². The number of aromatic nitrogens is 1. The van der Waals surface area contributed by atoms with Crippen molar-refractivity contribution in [3.8, 4) is 0 Å². The van der Waals surface area contributed by atoms with Gasteiger partial charge >= 0.3 is 0 Å².